The van der Waals surface area contributed by atoms with Gasteiger partial charge >= 0.3 is 0 Å². The molecule has 0 aromatic carbocycles. The van der Waals surface area contributed by atoms with E-state index in [1.54, 1.807) is 6.07 Å². The van der Waals surface area contributed by atoms with E-state index in [2.05, 4.69) is 0 Å². The van der Waals surface area contributed by atoms with E-state index < -0.39 is 0 Å². The Kier molecular flexibility index (Phi) is 2.28. The highest BCUT2D eigenvalue weighted by Gasteiger charge is 2.05. The van der Waals surface area contributed by atoms with Gasteiger partial charge in [-0.15, -0.1) is 0 Å². The molecule has 2 rings (SSSR count). The molecule has 3 heteroatoms. The Balaban J connectivity index is 2.16. The van der Waals surface area contributed by atoms with Crippen molar-refractivity contribution >= 4 is 0 Å². The summed E-state index contributed by atoms with van der Waals surface area (Å²) in [6, 6.07) is 11.3. The van der Waals surface area contributed by atoms with Gasteiger partial charge in [-0.05, 0) is 12.1 Å². The number of hydrogen-bond donors (Lipinski definition) is 0. The summed E-state index contributed by atoms with van der Waals surface area (Å²) in [5.41, 5.74) is 0. The number of nitriles is 1. The molecular weight excluding hydrogens is 176 g/mol. The van der Waals surface area contributed by atoms with Crippen LogP contribution in [0.2, 0.25) is 0 Å². The van der Waals surface area contributed by atoms with Gasteiger partial charge in [-0.1, -0.05) is 6.07 Å². The predicted molar refractivity (Wildman–Crippen MR) is 49.2 cm³/mol. The maximum absolute atomic E-state index is 8.57. The summed E-state index contributed by atoms with van der Waals surface area (Å²) < 4.78 is 7.24. The van der Waals surface area contributed by atoms with Gasteiger partial charge in [-0.2, -0.15) is 9.83 Å². The third-order valence-electron chi connectivity index (χ3n) is 1.89. The summed E-state index contributed by atoms with van der Waals surface area (Å²) in [6.45, 7) is 0.655. The van der Waals surface area contributed by atoms with E-state index in [4.69, 9.17) is 9.68 Å². The average Bonchev–Trinajstić information content (AvgIpc) is 2.67. The smallest absolute Gasteiger partial charge is 0.205 e. The summed E-state index contributed by atoms with van der Waals surface area (Å²) >= 11 is 0. The Labute approximate surface area is 81.8 Å². The standard InChI is InChI=1S/C11H9N2O/c12-8-10-4-5-11(14-10)9-13-6-2-1-3-7-13/h1-7H,9H2/q+1. The van der Waals surface area contributed by atoms with Crippen molar-refractivity contribution in [2.24, 2.45) is 0 Å². The van der Waals surface area contributed by atoms with E-state index in [0.29, 0.717) is 12.3 Å². The molecule has 2 aromatic rings. The maximum Gasteiger partial charge on any atom is 0.205 e. The molecule has 0 radical (unpaired) electrons. The molecule has 2 heterocycles. The predicted octanol–water partition coefficient (Wildman–Crippen LogP) is 1.49. The van der Waals surface area contributed by atoms with Gasteiger partial charge in [0.1, 0.15) is 6.07 Å². The summed E-state index contributed by atoms with van der Waals surface area (Å²) in [5.74, 6) is 1.15. The molecular formula is C11H9N2O+. The molecule has 14 heavy (non-hydrogen) atoms. The lowest BCUT2D eigenvalue weighted by Gasteiger charge is -1.91. The molecule has 0 bridgehead atoms. The summed E-state index contributed by atoms with van der Waals surface area (Å²) in [4.78, 5) is 0. The fraction of sp³-hybridized carbons (Fsp3) is 0.0909. The van der Waals surface area contributed by atoms with Crippen LogP contribution in [0.5, 0.6) is 0 Å². The van der Waals surface area contributed by atoms with E-state index in [1.807, 2.05) is 47.3 Å². The van der Waals surface area contributed by atoms with Crippen molar-refractivity contribution < 1.29 is 8.98 Å². The summed E-state index contributed by atoms with van der Waals surface area (Å²) in [6.07, 6.45) is 3.91. The molecule has 0 aliphatic heterocycles. The Morgan fingerprint density at radius 3 is 2.64 bits per heavy atom. The minimum absolute atomic E-state index is 0.358. The van der Waals surface area contributed by atoms with Crippen molar-refractivity contribution in [3.05, 3.63) is 54.2 Å². The van der Waals surface area contributed by atoms with Gasteiger partial charge < -0.3 is 4.42 Å². The van der Waals surface area contributed by atoms with Crippen molar-refractivity contribution in [3.63, 3.8) is 0 Å². The van der Waals surface area contributed by atoms with Crippen molar-refractivity contribution in [2.75, 3.05) is 0 Å². The van der Waals surface area contributed by atoms with Crippen molar-refractivity contribution in [2.45, 2.75) is 6.54 Å². The molecule has 0 spiro atoms. The lowest BCUT2D eigenvalue weighted by atomic mass is 10.4. The molecule has 0 saturated heterocycles. The van der Waals surface area contributed by atoms with Crippen LogP contribution >= 0.6 is 0 Å². The molecule has 68 valence electrons. The number of aromatic nitrogens is 1. The summed E-state index contributed by atoms with van der Waals surface area (Å²) in [7, 11) is 0. The molecule has 0 aliphatic rings. The number of rotatable bonds is 2. The number of nitrogens with zero attached hydrogens (tertiary/aromatic N) is 2. The lowest BCUT2D eigenvalue weighted by molar-refractivity contribution is -0.690. The minimum atomic E-state index is 0.358. The monoisotopic (exact) mass is 185 g/mol. The van der Waals surface area contributed by atoms with Crippen LogP contribution in [0.15, 0.2) is 47.1 Å². The molecule has 0 aliphatic carbocycles. The first kappa shape index (κ1) is 8.52. The van der Waals surface area contributed by atoms with Crippen LogP contribution in [0.3, 0.4) is 0 Å². The van der Waals surface area contributed by atoms with E-state index >= 15 is 0 Å². The van der Waals surface area contributed by atoms with Crippen LogP contribution in [0.4, 0.5) is 0 Å². The second kappa shape index (κ2) is 3.75. The van der Waals surface area contributed by atoms with E-state index in [-0.39, 0.29) is 0 Å². The van der Waals surface area contributed by atoms with Crippen LogP contribution in [-0.4, -0.2) is 0 Å². The first-order valence-corrected chi connectivity index (χ1v) is 4.31. The average molecular weight is 185 g/mol. The molecule has 3 nitrogen and oxygen atoms in total. The molecule has 2 aromatic heterocycles. The SMILES string of the molecule is N#Cc1ccc(C[n+]2ccccc2)o1. The van der Waals surface area contributed by atoms with Gasteiger partial charge in [0.25, 0.3) is 0 Å². The number of furan rings is 1. The Morgan fingerprint density at radius 2 is 2.00 bits per heavy atom. The highest BCUT2D eigenvalue weighted by molar-refractivity contribution is 5.18. The molecule has 0 unspecified atom stereocenters. The van der Waals surface area contributed by atoms with Crippen molar-refractivity contribution in [1.82, 2.24) is 0 Å². The molecule has 0 N–H and O–H groups in total. The van der Waals surface area contributed by atoms with Crippen molar-refractivity contribution in [1.29, 1.82) is 5.26 Å². The van der Waals surface area contributed by atoms with Gasteiger partial charge in [0.2, 0.25) is 12.3 Å². The van der Waals surface area contributed by atoms with Gasteiger partial charge in [0.15, 0.2) is 18.2 Å². The topological polar surface area (TPSA) is 40.8 Å². The Bertz CT molecular complexity index is 454. The molecule has 0 atom stereocenters. The van der Waals surface area contributed by atoms with Gasteiger partial charge in [0.05, 0.1) is 0 Å². The van der Waals surface area contributed by atoms with Crippen LogP contribution < -0.4 is 4.57 Å². The van der Waals surface area contributed by atoms with Crippen LogP contribution in [0, 0.1) is 11.3 Å². The highest BCUT2D eigenvalue weighted by Crippen LogP contribution is 2.05. The summed E-state index contributed by atoms with van der Waals surface area (Å²) in [5, 5.41) is 8.57. The van der Waals surface area contributed by atoms with Crippen LogP contribution in [0.1, 0.15) is 11.5 Å². The highest BCUT2D eigenvalue weighted by atomic mass is 16.3. The number of pyridine rings is 1. The molecule has 0 saturated carbocycles. The Hall–Kier alpha value is -2.08. The van der Waals surface area contributed by atoms with E-state index in [9.17, 15) is 0 Å². The third kappa shape index (κ3) is 1.80. The van der Waals surface area contributed by atoms with Gasteiger partial charge in [-0.25, -0.2) is 0 Å². The fourth-order valence-corrected chi connectivity index (χ4v) is 1.24. The fourth-order valence-electron chi connectivity index (χ4n) is 1.24. The largest absolute Gasteiger partial charge is 0.444 e. The lowest BCUT2D eigenvalue weighted by Crippen LogP contribution is -2.32. The number of hydrogen-bond acceptors (Lipinski definition) is 2. The third-order valence-corrected chi connectivity index (χ3v) is 1.89. The van der Waals surface area contributed by atoms with E-state index in [0.717, 1.165) is 5.76 Å². The van der Waals surface area contributed by atoms with Crippen LogP contribution in [0.25, 0.3) is 0 Å². The second-order valence-electron chi connectivity index (χ2n) is 2.93. The molecule has 0 fully saturated rings. The van der Waals surface area contributed by atoms with Gasteiger partial charge in [-0.3, -0.25) is 0 Å². The zero-order valence-electron chi connectivity index (χ0n) is 7.55. The zero-order valence-corrected chi connectivity index (χ0v) is 7.55. The minimum Gasteiger partial charge on any atom is -0.444 e. The zero-order chi connectivity index (χ0) is 9.80. The first-order chi connectivity index (χ1) is 6.88. The first-order valence-electron chi connectivity index (χ1n) is 4.31. The second-order valence-corrected chi connectivity index (χ2v) is 2.93. The molecule has 0 amide bonds. The van der Waals surface area contributed by atoms with Crippen LogP contribution in [-0.2, 0) is 6.54 Å². The van der Waals surface area contributed by atoms with Gasteiger partial charge in [0, 0.05) is 12.1 Å². The normalized spacial score (nSPS) is 9.64. The maximum atomic E-state index is 8.57. The quantitative estimate of drug-likeness (QED) is 0.665. The Morgan fingerprint density at radius 1 is 1.21 bits per heavy atom. The van der Waals surface area contributed by atoms with Crippen molar-refractivity contribution in [3.8, 4) is 6.07 Å². The van der Waals surface area contributed by atoms with E-state index in [1.165, 1.54) is 0 Å².